The summed E-state index contributed by atoms with van der Waals surface area (Å²) in [5.74, 6) is 0.801. The van der Waals surface area contributed by atoms with Gasteiger partial charge < -0.3 is 10.2 Å². The van der Waals surface area contributed by atoms with E-state index in [0.29, 0.717) is 6.04 Å². The first-order valence-corrected chi connectivity index (χ1v) is 8.36. The van der Waals surface area contributed by atoms with E-state index in [0.717, 1.165) is 12.0 Å². The van der Waals surface area contributed by atoms with Crippen molar-refractivity contribution in [3.05, 3.63) is 20.8 Å². The fourth-order valence-corrected chi connectivity index (χ4v) is 4.85. The summed E-state index contributed by atoms with van der Waals surface area (Å²) in [4.78, 5) is 3.89. The first-order valence-electron chi connectivity index (χ1n) is 6.69. The molecule has 1 fully saturated rings. The molecule has 1 aliphatic rings. The van der Waals surface area contributed by atoms with E-state index in [9.17, 15) is 0 Å². The summed E-state index contributed by atoms with van der Waals surface area (Å²) in [5.41, 5.74) is 0. The molecule has 0 aromatic carbocycles. The Morgan fingerprint density at radius 1 is 1.33 bits per heavy atom. The van der Waals surface area contributed by atoms with Gasteiger partial charge in [0.1, 0.15) is 0 Å². The number of rotatable bonds is 4. The molecule has 4 heteroatoms. The molecular formula is C14H23BrN2S. The Morgan fingerprint density at radius 3 is 2.44 bits per heavy atom. The number of halogens is 1. The summed E-state index contributed by atoms with van der Waals surface area (Å²) in [6.07, 6.45) is 5.31. The van der Waals surface area contributed by atoms with Crippen molar-refractivity contribution < 1.29 is 0 Å². The Labute approximate surface area is 123 Å². The molecule has 0 bridgehead atoms. The maximum atomic E-state index is 3.58. The van der Waals surface area contributed by atoms with E-state index in [1.807, 2.05) is 11.3 Å². The zero-order valence-corrected chi connectivity index (χ0v) is 13.9. The first kappa shape index (κ1) is 14.5. The molecule has 1 unspecified atom stereocenters. The van der Waals surface area contributed by atoms with E-state index in [4.69, 9.17) is 0 Å². The van der Waals surface area contributed by atoms with Crippen LogP contribution < -0.4 is 5.32 Å². The SMILES string of the molecule is CNC1CCC(C(c2cc(Br)cs2)N(C)C)CC1. The minimum Gasteiger partial charge on any atom is -0.317 e. The van der Waals surface area contributed by atoms with Gasteiger partial charge in [-0.15, -0.1) is 11.3 Å². The summed E-state index contributed by atoms with van der Waals surface area (Å²) in [7, 11) is 6.51. The molecule has 2 rings (SSSR count). The van der Waals surface area contributed by atoms with Crippen LogP contribution in [0.5, 0.6) is 0 Å². The van der Waals surface area contributed by atoms with Crippen molar-refractivity contribution in [1.29, 1.82) is 0 Å². The smallest absolute Gasteiger partial charge is 0.0464 e. The lowest BCUT2D eigenvalue weighted by molar-refractivity contribution is 0.161. The predicted molar refractivity (Wildman–Crippen MR) is 83.3 cm³/mol. The molecular weight excluding hydrogens is 308 g/mol. The maximum Gasteiger partial charge on any atom is 0.0464 e. The number of nitrogens with zero attached hydrogens (tertiary/aromatic N) is 1. The molecule has 1 saturated carbocycles. The summed E-state index contributed by atoms with van der Waals surface area (Å²) < 4.78 is 1.22. The van der Waals surface area contributed by atoms with E-state index in [1.54, 1.807) is 0 Å². The quantitative estimate of drug-likeness (QED) is 0.900. The highest BCUT2D eigenvalue weighted by molar-refractivity contribution is 9.10. The Kier molecular flexibility index (Phi) is 5.24. The zero-order valence-electron chi connectivity index (χ0n) is 11.4. The Bertz CT molecular complexity index is 370. The van der Waals surface area contributed by atoms with Crippen LogP contribution in [0.3, 0.4) is 0 Å². The van der Waals surface area contributed by atoms with Crippen LogP contribution in [0.15, 0.2) is 15.9 Å². The average Bonchev–Trinajstić information content (AvgIpc) is 2.76. The van der Waals surface area contributed by atoms with Crippen molar-refractivity contribution in [2.75, 3.05) is 21.1 Å². The highest BCUT2D eigenvalue weighted by Crippen LogP contribution is 2.40. The second-order valence-corrected chi connectivity index (χ2v) is 7.33. The standard InChI is InChI=1S/C14H23BrN2S/c1-16-12-6-4-10(5-7-12)14(17(2)3)13-8-11(15)9-18-13/h8-10,12,14,16H,4-7H2,1-3H3. The summed E-state index contributed by atoms with van der Waals surface area (Å²) in [6.45, 7) is 0. The van der Waals surface area contributed by atoms with Crippen LogP contribution in [-0.2, 0) is 0 Å². The normalized spacial score (nSPS) is 26.5. The highest BCUT2D eigenvalue weighted by atomic mass is 79.9. The van der Waals surface area contributed by atoms with Gasteiger partial charge in [0.2, 0.25) is 0 Å². The lowest BCUT2D eigenvalue weighted by atomic mass is 9.80. The summed E-state index contributed by atoms with van der Waals surface area (Å²) >= 11 is 5.46. The van der Waals surface area contributed by atoms with Gasteiger partial charge in [0.25, 0.3) is 0 Å². The third-order valence-electron chi connectivity index (χ3n) is 4.06. The second-order valence-electron chi connectivity index (χ2n) is 5.48. The number of hydrogen-bond acceptors (Lipinski definition) is 3. The molecule has 1 N–H and O–H groups in total. The van der Waals surface area contributed by atoms with Gasteiger partial charge in [0, 0.05) is 26.8 Å². The van der Waals surface area contributed by atoms with Gasteiger partial charge in [-0.25, -0.2) is 0 Å². The highest BCUT2D eigenvalue weighted by Gasteiger charge is 2.30. The molecule has 1 aliphatic carbocycles. The largest absolute Gasteiger partial charge is 0.317 e. The topological polar surface area (TPSA) is 15.3 Å². The van der Waals surface area contributed by atoms with Crippen LogP contribution in [0.25, 0.3) is 0 Å². The third-order valence-corrected chi connectivity index (χ3v) is 5.83. The van der Waals surface area contributed by atoms with Crippen molar-refractivity contribution in [3.8, 4) is 0 Å². The third kappa shape index (κ3) is 3.35. The lowest BCUT2D eigenvalue weighted by Crippen LogP contribution is -2.35. The first-order chi connectivity index (χ1) is 8.61. The molecule has 0 saturated heterocycles. The van der Waals surface area contributed by atoms with E-state index >= 15 is 0 Å². The molecule has 1 atom stereocenters. The number of hydrogen-bond donors (Lipinski definition) is 1. The van der Waals surface area contributed by atoms with Gasteiger partial charge in [0.15, 0.2) is 0 Å². The van der Waals surface area contributed by atoms with Crippen molar-refractivity contribution in [2.24, 2.45) is 5.92 Å². The molecule has 1 heterocycles. The van der Waals surface area contributed by atoms with Crippen LogP contribution in [-0.4, -0.2) is 32.1 Å². The van der Waals surface area contributed by atoms with Gasteiger partial charge in [-0.1, -0.05) is 0 Å². The molecule has 0 amide bonds. The fourth-order valence-electron chi connectivity index (χ4n) is 3.12. The fraction of sp³-hybridized carbons (Fsp3) is 0.714. The van der Waals surface area contributed by atoms with Crippen LogP contribution in [0, 0.1) is 5.92 Å². The van der Waals surface area contributed by atoms with Crippen molar-refractivity contribution in [1.82, 2.24) is 10.2 Å². The minimum absolute atomic E-state index is 0.583. The van der Waals surface area contributed by atoms with Crippen LogP contribution in [0.4, 0.5) is 0 Å². The Balaban J connectivity index is 2.07. The van der Waals surface area contributed by atoms with E-state index < -0.39 is 0 Å². The number of nitrogens with one attached hydrogen (secondary N) is 1. The van der Waals surface area contributed by atoms with Gasteiger partial charge in [-0.2, -0.15) is 0 Å². The molecule has 102 valence electrons. The lowest BCUT2D eigenvalue weighted by Gasteiger charge is -2.36. The molecule has 2 nitrogen and oxygen atoms in total. The molecule has 18 heavy (non-hydrogen) atoms. The van der Waals surface area contributed by atoms with Gasteiger partial charge in [-0.3, -0.25) is 0 Å². The Morgan fingerprint density at radius 2 is 2.00 bits per heavy atom. The van der Waals surface area contributed by atoms with E-state index in [-0.39, 0.29) is 0 Å². The van der Waals surface area contributed by atoms with Crippen molar-refractivity contribution >= 4 is 27.3 Å². The molecule has 1 aromatic heterocycles. The van der Waals surface area contributed by atoms with Crippen molar-refractivity contribution in [2.45, 2.75) is 37.8 Å². The zero-order chi connectivity index (χ0) is 13.1. The van der Waals surface area contributed by atoms with Crippen LogP contribution in [0.1, 0.15) is 36.6 Å². The molecule has 0 radical (unpaired) electrons. The van der Waals surface area contributed by atoms with Gasteiger partial charge in [0.05, 0.1) is 0 Å². The average molecular weight is 331 g/mol. The molecule has 1 aromatic rings. The van der Waals surface area contributed by atoms with E-state index in [2.05, 4.69) is 58.7 Å². The molecule has 0 spiro atoms. The second kappa shape index (κ2) is 6.51. The predicted octanol–water partition coefficient (Wildman–Crippen LogP) is 3.89. The monoisotopic (exact) mass is 330 g/mol. The van der Waals surface area contributed by atoms with Gasteiger partial charge >= 0.3 is 0 Å². The minimum atomic E-state index is 0.583. The Hall–Kier alpha value is 0.1000. The van der Waals surface area contributed by atoms with Crippen LogP contribution in [0.2, 0.25) is 0 Å². The maximum absolute atomic E-state index is 3.58. The van der Waals surface area contributed by atoms with Crippen LogP contribution >= 0.6 is 27.3 Å². The van der Waals surface area contributed by atoms with Gasteiger partial charge in [-0.05, 0) is 74.7 Å². The number of thiophene rings is 1. The summed E-state index contributed by atoms with van der Waals surface area (Å²) in [6, 6.07) is 3.61. The van der Waals surface area contributed by atoms with E-state index in [1.165, 1.54) is 35.0 Å². The molecule has 0 aliphatic heterocycles. The summed E-state index contributed by atoms with van der Waals surface area (Å²) in [5, 5.41) is 5.62. The van der Waals surface area contributed by atoms with Crippen molar-refractivity contribution in [3.63, 3.8) is 0 Å².